The van der Waals surface area contributed by atoms with Crippen LogP contribution in [0.5, 0.6) is 0 Å². The quantitative estimate of drug-likeness (QED) is 0.503. The topological polar surface area (TPSA) is 0 Å². The van der Waals surface area contributed by atoms with Crippen molar-refractivity contribution in [3.05, 3.63) is 42.0 Å². The molecule has 2 aromatic carbocycles. The van der Waals surface area contributed by atoms with Gasteiger partial charge in [0.05, 0.1) is 0 Å². The molecule has 0 N–H and O–H groups in total. The molecule has 70 valence electrons. The van der Waals surface area contributed by atoms with Crippen LogP contribution in [0.15, 0.2) is 36.4 Å². The predicted molar refractivity (Wildman–Crippen MR) is 64.9 cm³/mol. The standard InChI is InChI=1S/C10H9.2BrH.Ti/c1-8-6-7-9-4-2-3-5-10(8)9;;;/h2-7H,1H3;2*1H;/q-1;;;. The van der Waals surface area contributed by atoms with E-state index in [4.69, 9.17) is 0 Å². The van der Waals surface area contributed by atoms with Gasteiger partial charge in [0.15, 0.2) is 0 Å². The van der Waals surface area contributed by atoms with Crippen molar-refractivity contribution in [1.82, 2.24) is 0 Å². The molecule has 3 heteroatoms. The normalized spacial score (nSPS) is 8.08. The molecule has 0 atom stereocenters. The number of hydrogen-bond donors (Lipinski definition) is 0. The van der Waals surface area contributed by atoms with E-state index in [0.717, 1.165) is 0 Å². The largest absolute Gasteiger partial charge is 0.168 e. The van der Waals surface area contributed by atoms with Crippen LogP contribution in [0, 0.1) is 6.92 Å². The molecule has 0 spiro atoms. The van der Waals surface area contributed by atoms with Crippen LogP contribution in [0.3, 0.4) is 0 Å². The molecule has 0 heterocycles. The summed E-state index contributed by atoms with van der Waals surface area (Å²) in [6.45, 7) is 2.14. The molecule has 0 saturated carbocycles. The molecular formula is C10H11Br2Ti-. The van der Waals surface area contributed by atoms with Crippen LogP contribution in [0.1, 0.15) is 5.56 Å². The fourth-order valence-electron chi connectivity index (χ4n) is 1.31. The van der Waals surface area contributed by atoms with Gasteiger partial charge < -0.3 is 0 Å². The summed E-state index contributed by atoms with van der Waals surface area (Å²) in [4.78, 5) is 0. The van der Waals surface area contributed by atoms with Crippen molar-refractivity contribution >= 4 is 44.7 Å². The second-order valence-electron chi connectivity index (χ2n) is 2.60. The first kappa shape index (κ1) is 16.0. The van der Waals surface area contributed by atoms with Crippen molar-refractivity contribution in [1.29, 1.82) is 0 Å². The minimum Gasteiger partial charge on any atom is -0.168 e. The van der Waals surface area contributed by atoms with Crippen LogP contribution >= 0.6 is 34.0 Å². The third kappa shape index (κ3) is 3.28. The average Bonchev–Trinajstić information content (AvgIpc) is 2.34. The summed E-state index contributed by atoms with van der Waals surface area (Å²) < 4.78 is 0. The Morgan fingerprint density at radius 2 is 1.62 bits per heavy atom. The molecule has 0 nitrogen and oxygen atoms in total. The summed E-state index contributed by atoms with van der Waals surface area (Å²) in [6, 6.07) is 12.8. The Morgan fingerprint density at radius 3 is 2.23 bits per heavy atom. The minimum absolute atomic E-state index is 0. The maximum Gasteiger partial charge on any atom is 0 e. The number of hydrogen-bond acceptors (Lipinski definition) is 0. The van der Waals surface area contributed by atoms with E-state index in [1.807, 2.05) is 0 Å². The van der Waals surface area contributed by atoms with E-state index in [-0.39, 0.29) is 55.7 Å². The van der Waals surface area contributed by atoms with E-state index in [1.165, 1.54) is 16.3 Å². The van der Waals surface area contributed by atoms with Crippen LogP contribution in [0.2, 0.25) is 0 Å². The van der Waals surface area contributed by atoms with Crippen LogP contribution in [0.4, 0.5) is 0 Å². The second kappa shape index (κ2) is 6.88. The Kier molecular flexibility index (Phi) is 8.45. The third-order valence-corrected chi connectivity index (χ3v) is 1.90. The molecule has 0 aliphatic heterocycles. The summed E-state index contributed by atoms with van der Waals surface area (Å²) in [7, 11) is 0. The van der Waals surface area contributed by atoms with Gasteiger partial charge in [-0.05, 0) is 0 Å². The zero-order chi connectivity index (χ0) is 6.97. The maximum absolute atomic E-state index is 2.16. The molecule has 0 aliphatic rings. The second-order valence-corrected chi connectivity index (χ2v) is 2.60. The molecule has 0 aromatic heterocycles. The maximum atomic E-state index is 2.16. The summed E-state index contributed by atoms with van der Waals surface area (Å²) in [5, 5.41) is 2.72. The molecule has 0 aliphatic carbocycles. The number of rotatable bonds is 0. The van der Waals surface area contributed by atoms with Crippen LogP contribution < -0.4 is 0 Å². The van der Waals surface area contributed by atoms with E-state index in [0.29, 0.717) is 0 Å². The Balaban J connectivity index is 0. The monoisotopic (exact) mass is 337 g/mol. The molecular weight excluding hydrogens is 328 g/mol. The van der Waals surface area contributed by atoms with Crippen LogP contribution in [-0.2, 0) is 21.7 Å². The molecule has 0 saturated heterocycles. The van der Waals surface area contributed by atoms with Crippen molar-refractivity contribution < 1.29 is 21.7 Å². The number of halogens is 2. The van der Waals surface area contributed by atoms with E-state index in [9.17, 15) is 0 Å². The zero-order valence-corrected chi connectivity index (χ0v) is 12.3. The molecule has 0 bridgehead atoms. The molecule has 0 amide bonds. The SMILES string of the molecule is Br.Br.C[c-]1ccc2ccccc21.[Ti]. The van der Waals surface area contributed by atoms with Gasteiger partial charge in [0.1, 0.15) is 0 Å². The Hall–Kier alpha value is 0.504. The fourth-order valence-corrected chi connectivity index (χ4v) is 1.31. The van der Waals surface area contributed by atoms with Gasteiger partial charge in [0.25, 0.3) is 0 Å². The minimum atomic E-state index is 0. The first-order chi connectivity index (χ1) is 4.88. The van der Waals surface area contributed by atoms with Crippen molar-refractivity contribution in [2.75, 3.05) is 0 Å². The van der Waals surface area contributed by atoms with Gasteiger partial charge in [0, 0.05) is 21.7 Å². The van der Waals surface area contributed by atoms with Crippen molar-refractivity contribution in [2.24, 2.45) is 0 Å². The van der Waals surface area contributed by atoms with Gasteiger partial charge in [-0.15, -0.1) is 68.5 Å². The molecule has 13 heavy (non-hydrogen) atoms. The Bertz CT molecular complexity index is 354. The number of fused-ring (bicyclic) bond motifs is 1. The van der Waals surface area contributed by atoms with Gasteiger partial charge in [-0.2, -0.15) is 12.1 Å². The summed E-state index contributed by atoms with van der Waals surface area (Å²) in [5.41, 5.74) is 1.37. The molecule has 0 fully saturated rings. The van der Waals surface area contributed by atoms with Gasteiger partial charge in [-0.1, -0.05) is 13.0 Å². The van der Waals surface area contributed by atoms with Crippen LogP contribution in [-0.4, -0.2) is 0 Å². The zero-order valence-electron chi connectivity index (χ0n) is 7.28. The van der Waals surface area contributed by atoms with Gasteiger partial charge in [-0.3, -0.25) is 0 Å². The number of aryl methyl sites for hydroxylation is 1. The van der Waals surface area contributed by atoms with Crippen LogP contribution in [0.25, 0.3) is 10.8 Å². The Labute approximate surface area is 114 Å². The van der Waals surface area contributed by atoms with Crippen molar-refractivity contribution in [2.45, 2.75) is 6.92 Å². The van der Waals surface area contributed by atoms with E-state index in [1.54, 1.807) is 0 Å². The van der Waals surface area contributed by atoms with E-state index >= 15 is 0 Å². The fraction of sp³-hybridized carbons (Fsp3) is 0.100. The molecule has 2 rings (SSSR count). The smallest absolute Gasteiger partial charge is 0 e. The van der Waals surface area contributed by atoms with Gasteiger partial charge >= 0.3 is 0 Å². The summed E-state index contributed by atoms with van der Waals surface area (Å²) in [6.07, 6.45) is 0. The summed E-state index contributed by atoms with van der Waals surface area (Å²) in [5.74, 6) is 0. The number of benzene rings is 1. The predicted octanol–water partition coefficient (Wildman–Crippen LogP) is 4.02. The first-order valence-electron chi connectivity index (χ1n) is 3.49. The average molecular weight is 339 g/mol. The molecule has 2 aromatic rings. The van der Waals surface area contributed by atoms with Crippen molar-refractivity contribution in [3.8, 4) is 0 Å². The molecule has 0 radical (unpaired) electrons. The Morgan fingerprint density at radius 1 is 1.00 bits per heavy atom. The van der Waals surface area contributed by atoms with E-state index in [2.05, 4.69) is 43.3 Å². The first-order valence-corrected chi connectivity index (χ1v) is 3.49. The van der Waals surface area contributed by atoms with Gasteiger partial charge in [-0.25, -0.2) is 0 Å². The van der Waals surface area contributed by atoms with Gasteiger partial charge in [0.2, 0.25) is 0 Å². The van der Waals surface area contributed by atoms with E-state index < -0.39 is 0 Å². The third-order valence-electron chi connectivity index (χ3n) is 1.90. The van der Waals surface area contributed by atoms with Crippen molar-refractivity contribution in [3.63, 3.8) is 0 Å². The summed E-state index contributed by atoms with van der Waals surface area (Å²) >= 11 is 0. The molecule has 0 unspecified atom stereocenters.